The number of aryl methyl sites for hydroxylation is 1. The molecule has 0 amide bonds. The molecule has 3 aromatic carbocycles. The summed E-state index contributed by atoms with van der Waals surface area (Å²) in [5.74, 6) is 0.352. The maximum atomic E-state index is 11.9. The summed E-state index contributed by atoms with van der Waals surface area (Å²) in [6, 6.07) is 11.7. The van der Waals surface area contributed by atoms with E-state index in [9.17, 15) is 19.8 Å². The van der Waals surface area contributed by atoms with Crippen LogP contribution in [0.4, 0.5) is 17.1 Å². The molecule has 0 aromatic heterocycles. The summed E-state index contributed by atoms with van der Waals surface area (Å²) in [6.07, 6.45) is 1.60. The molecular weight excluding hydrogens is 332 g/mol. The molecule has 134 valence electrons. The zero-order valence-electron chi connectivity index (χ0n) is 14.4. The van der Waals surface area contributed by atoms with Crippen LogP contribution in [-0.4, -0.2) is 10.2 Å². The molecule has 0 fully saturated rings. The van der Waals surface area contributed by atoms with Gasteiger partial charge in [-0.2, -0.15) is 0 Å². The first-order valence-electron chi connectivity index (χ1n) is 8.43. The van der Waals surface area contributed by atoms with Crippen LogP contribution in [0.3, 0.4) is 0 Å². The third kappa shape index (κ3) is 3.54. The van der Waals surface area contributed by atoms with Gasteiger partial charge in [0.2, 0.25) is 0 Å². The minimum atomic E-state index is -0.575. The van der Waals surface area contributed by atoms with Crippen LogP contribution < -0.4 is 21.5 Å². The van der Waals surface area contributed by atoms with Crippen LogP contribution in [0.5, 0.6) is 11.5 Å². The van der Waals surface area contributed by atoms with Crippen molar-refractivity contribution in [3.63, 3.8) is 0 Å². The molecule has 3 rings (SSSR count). The Bertz CT molecular complexity index is 1000. The highest BCUT2D eigenvalue weighted by atomic mass is 16.3. The van der Waals surface area contributed by atoms with Gasteiger partial charge in [0.1, 0.15) is 22.9 Å². The second kappa shape index (κ2) is 7.31. The summed E-state index contributed by atoms with van der Waals surface area (Å²) in [4.78, 5) is 23.8. The van der Waals surface area contributed by atoms with Gasteiger partial charge in [0.15, 0.2) is 0 Å². The van der Waals surface area contributed by atoms with Gasteiger partial charge >= 0.3 is 0 Å². The van der Waals surface area contributed by atoms with Crippen LogP contribution >= 0.6 is 0 Å². The van der Waals surface area contributed by atoms with Crippen molar-refractivity contribution >= 4 is 17.1 Å². The van der Waals surface area contributed by atoms with Crippen LogP contribution in [-0.2, 0) is 13.0 Å². The second-order valence-corrected chi connectivity index (χ2v) is 6.15. The summed E-state index contributed by atoms with van der Waals surface area (Å²) in [5.41, 5.74) is 1.50. The molecule has 0 aliphatic rings. The fraction of sp³-hybridized carbons (Fsp3) is 0.200. The zero-order chi connectivity index (χ0) is 18.7. The Morgan fingerprint density at radius 1 is 0.962 bits per heavy atom. The van der Waals surface area contributed by atoms with Gasteiger partial charge in [-0.05, 0) is 47.9 Å². The van der Waals surface area contributed by atoms with Crippen molar-refractivity contribution in [2.75, 3.05) is 10.6 Å². The van der Waals surface area contributed by atoms with E-state index >= 15 is 0 Å². The minimum absolute atomic E-state index is 0.139. The molecule has 0 unspecified atom stereocenters. The number of benzene rings is 2. The molecule has 26 heavy (non-hydrogen) atoms. The highest BCUT2D eigenvalue weighted by molar-refractivity contribution is 5.79. The number of anilines is 3. The molecule has 0 aliphatic carbocycles. The Labute approximate surface area is 150 Å². The lowest BCUT2D eigenvalue weighted by Crippen LogP contribution is -2.36. The lowest BCUT2D eigenvalue weighted by Gasteiger charge is -2.16. The van der Waals surface area contributed by atoms with E-state index in [0.717, 1.165) is 24.0 Å². The topological polar surface area (TPSA) is 98.7 Å². The number of phenolic OH excluding ortho intramolecular Hbond substituents is 2. The first-order chi connectivity index (χ1) is 12.5. The Morgan fingerprint density at radius 3 is 2.46 bits per heavy atom. The zero-order valence-corrected chi connectivity index (χ0v) is 14.4. The van der Waals surface area contributed by atoms with Crippen LogP contribution in [0.2, 0.25) is 0 Å². The number of phenols is 2. The van der Waals surface area contributed by atoms with Crippen molar-refractivity contribution < 1.29 is 10.2 Å². The van der Waals surface area contributed by atoms with Crippen molar-refractivity contribution in [2.45, 2.75) is 26.3 Å². The van der Waals surface area contributed by atoms with Crippen LogP contribution in [0.15, 0.2) is 52.1 Å². The smallest absolute Gasteiger partial charge is 0.253 e. The number of rotatable bonds is 7. The average molecular weight is 352 g/mol. The van der Waals surface area contributed by atoms with Gasteiger partial charge in [-0.1, -0.05) is 25.5 Å². The Balaban J connectivity index is 1.78. The van der Waals surface area contributed by atoms with E-state index in [2.05, 4.69) is 10.6 Å². The monoisotopic (exact) mass is 352 g/mol. The van der Waals surface area contributed by atoms with E-state index in [1.54, 1.807) is 36.4 Å². The first-order valence-corrected chi connectivity index (χ1v) is 8.43. The summed E-state index contributed by atoms with van der Waals surface area (Å²) >= 11 is 0. The molecule has 0 aliphatic heterocycles. The van der Waals surface area contributed by atoms with Gasteiger partial charge in [-0.15, -0.1) is 0 Å². The molecule has 3 aromatic rings. The molecule has 0 spiro atoms. The van der Waals surface area contributed by atoms with E-state index < -0.39 is 10.9 Å². The third-order valence-corrected chi connectivity index (χ3v) is 4.16. The predicted molar refractivity (Wildman–Crippen MR) is 102 cm³/mol. The fourth-order valence-corrected chi connectivity index (χ4v) is 2.81. The van der Waals surface area contributed by atoms with Gasteiger partial charge in [-0.25, -0.2) is 0 Å². The van der Waals surface area contributed by atoms with Gasteiger partial charge in [0, 0.05) is 12.2 Å². The standard InChI is InChI=1S/C20H20N2O4/c1-2-4-13-10-14(7-8-16(13)24)22-18-17(19(25)20(18)26)21-11-12-5-3-6-15(23)9-12/h3,5-10,21-24H,2,4,11H2,1H3. The summed E-state index contributed by atoms with van der Waals surface area (Å²) in [5, 5.41) is 25.3. The SMILES string of the molecule is CCCc1cc(Nc2c(NCc3cccc(O)c3)c(=O)c2=O)ccc1O. The number of aromatic hydroxyl groups is 2. The molecule has 6 nitrogen and oxygen atoms in total. The molecule has 0 bridgehead atoms. The van der Waals surface area contributed by atoms with E-state index in [4.69, 9.17) is 0 Å². The number of hydrogen-bond donors (Lipinski definition) is 4. The Morgan fingerprint density at radius 2 is 1.73 bits per heavy atom. The molecule has 6 heteroatoms. The Kier molecular flexibility index (Phi) is 4.93. The van der Waals surface area contributed by atoms with Gasteiger partial charge in [0.25, 0.3) is 10.9 Å². The van der Waals surface area contributed by atoms with Crippen molar-refractivity contribution in [2.24, 2.45) is 0 Å². The molecule has 0 saturated heterocycles. The largest absolute Gasteiger partial charge is 0.508 e. The van der Waals surface area contributed by atoms with E-state index in [0.29, 0.717) is 12.2 Å². The average Bonchev–Trinajstić information content (AvgIpc) is 2.63. The van der Waals surface area contributed by atoms with Gasteiger partial charge < -0.3 is 20.8 Å². The second-order valence-electron chi connectivity index (χ2n) is 6.15. The van der Waals surface area contributed by atoms with Crippen molar-refractivity contribution in [3.05, 3.63) is 74.0 Å². The van der Waals surface area contributed by atoms with Crippen LogP contribution in [0.1, 0.15) is 24.5 Å². The van der Waals surface area contributed by atoms with E-state index in [1.807, 2.05) is 13.0 Å². The lowest BCUT2D eigenvalue weighted by molar-refractivity contribution is 0.467. The summed E-state index contributed by atoms with van der Waals surface area (Å²) < 4.78 is 0. The van der Waals surface area contributed by atoms with Gasteiger partial charge in [-0.3, -0.25) is 9.59 Å². The Hall–Kier alpha value is -3.28. The van der Waals surface area contributed by atoms with Crippen molar-refractivity contribution in [1.29, 1.82) is 0 Å². The maximum Gasteiger partial charge on any atom is 0.253 e. The highest BCUT2D eigenvalue weighted by Gasteiger charge is 2.21. The van der Waals surface area contributed by atoms with Crippen LogP contribution in [0.25, 0.3) is 0 Å². The fourth-order valence-electron chi connectivity index (χ4n) is 2.81. The molecule has 0 atom stereocenters. The maximum absolute atomic E-state index is 11.9. The molecule has 4 N–H and O–H groups in total. The van der Waals surface area contributed by atoms with Gasteiger partial charge in [0.05, 0.1) is 0 Å². The minimum Gasteiger partial charge on any atom is -0.508 e. The molecule has 0 radical (unpaired) electrons. The number of nitrogens with one attached hydrogen (secondary N) is 2. The number of hydrogen-bond acceptors (Lipinski definition) is 6. The lowest BCUT2D eigenvalue weighted by atomic mass is 10.1. The predicted octanol–water partition coefficient (Wildman–Crippen LogP) is 3.00. The highest BCUT2D eigenvalue weighted by Crippen LogP contribution is 2.27. The summed E-state index contributed by atoms with van der Waals surface area (Å²) in [7, 11) is 0. The van der Waals surface area contributed by atoms with Crippen molar-refractivity contribution in [1.82, 2.24) is 0 Å². The molecular formula is C20H20N2O4. The third-order valence-electron chi connectivity index (χ3n) is 4.16. The quantitative estimate of drug-likeness (QED) is 0.385. The van der Waals surface area contributed by atoms with E-state index in [1.165, 1.54) is 0 Å². The molecule has 0 saturated carbocycles. The molecule has 0 heterocycles. The normalized spacial score (nSPS) is 10.8. The van der Waals surface area contributed by atoms with E-state index in [-0.39, 0.29) is 22.9 Å². The first kappa shape index (κ1) is 17.5. The van der Waals surface area contributed by atoms with Crippen molar-refractivity contribution in [3.8, 4) is 11.5 Å². The van der Waals surface area contributed by atoms with Crippen LogP contribution in [0, 0.1) is 0 Å². The summed E-state index contributed by atoms with van der Waals surface area (Å²) in [6.45, 7) is 2.32.